The van der Waals surface area contributed by atoms with Crippen molar-refractivity contribution in [3.8, 4) is 11.3 Å². The molecule has 6 rings (SSSR count). The van der Waals surface area contributed by atoms with Crippen molar-refractivity contribution >= 4 is 32.6 Å². The van der Waals surface area contributed by atoms with Crippen molar-refractivity contribution in [1.29, 1.82) is 0 Å². The summed E-state index contributed by atoms with van der Waals surface area (Å²) < 4.78 is 13.7. The van der Waals surface area contributed by atoms with Crippen LogP contribution in [0.2, 0.25) is 0 Å². The number of nitrogens with zero attached hydrogens (tertiary/aromatic N) is 2. The highest BCUT2D eigenvalue weighted by atomic mass is 15.0. The molecule has 0 unspecified atom stereocenters. The molecule has 2 nitrogen and oxygen atoms in total. The first-order valence-electron chi connectivity index (χ1n) is 12.4. The van der Waals surface area contributed by atoms with Crippen molar-refractivity contribution in [2.75, 3.05) is 0 Å². The van der Waals surface area contributed by atoms with Crippen LogP contribution in [0.1, 0.15) is 50.5 Å². The maximum Gasteiger partial charge on any atom is 0.237 e. The van der Waals surface area contributed by atoms with Crippen LogP contribution in [0.4, 0.5) is 0 Å². The Morgan fingerprint density at radius 1 is 0.906 bits per heavy atom. The fraction of sp³-hybridized carbons (Fsp3) is 0.300. The fourth-order valence-electron chi connectivity index (χ4n) is 5.73. The summed E-state index contributed by atoms with van der Waals surface area (Å²) in [5.41, 5.74) is 7.52. The van der Waals surface area contributed by atoms with Crippen LogP contribution in [0.3, 0.4) is 0 Å². The van der Waals surface area contributed by atoms with Crippen LogP contribution in [-0.2, 0) is 14.1 Å². The van der Waals surface area contributed by atoms with E-state index in [4.69, 9.17) is 1.37 Å². The molecule has 0 radical (unpaired) electrons. The van der Waals surface area contributed by atoms with E-state index < -0.39 is 5.89 Å². The van der Waals surface area contributed by atoms with Gasteiger partial charge < -0.3 is 4.57 Å². The van der Waals surface area contributed by atoms with Crippen LogP contribution in [0.15, 0.2) is 66.9 Å². The average molecular weight is 421 g/mol. The van der Waals surface area contributed by atoms with Crippen molar-refractivity contribution in [1.82, 2.24) is 4.57 Å². The van der Waals surface area contributed by atoms with Crippen LogP contribution in [-0.4, -0.2) is 4.57 Å². The molecule has 160 valence electrons. The maximum atomic E-state index is 9.10. The highest BCUT2D eigenvalue weighted by Gasteiger charge is 2.22. The van der Waals surface area contributed by atoms with Gasteiger partial charge in [-0.2, -0.15) is 4.57 Å². The predicted octanol–water partition coefficient (Wildman–Crippen LogP) is 7.33. The summed E-state index contributed by atoms with van der Waals surface area (Å²) >= 11 is 0. The summed E-state index contributed by atoms with van der Waals surface area (Å²) in [6.45, 7) is 2.19. The molecule has 3 aromatic carbocycles. The second-order valence-electron chi connectivity index (χ2n) is 9.51. The Labute approximate surface area is 191 Å². The third-order valence-corrected chi connectivity index (χ3v) is 7.50. The van der Waals surface area contributed by atoms with Gasteiger partial charge in [0, 0.05) is 30.8 Å². The van der Waals surface area contributed by atoms with E-state index in [1.165, 1.54) is 74.2 Å². The number of rotatable bonds is 2. The Bertz CT molecular complexity index is 1540. The summed E-state index contributed by atoms with van der Waals surface area (Å²) in [6, 6.07) is 22.3. The maximum absolute atomic E-state index is 9.10. The van der Waals surface area contributed by atoms with E-state index in [1.807, 2.05) is 0 Å². The van der Waals surface area contributed by atoms with Crippen molar-refractivity contribution in [2.45, 2.75) is 44.9 Å². The predicted molar refractivity (Wildman–Crippen MR) is 135 cm³/mol. The third-order valence-electron chi connectivity index (χ3n) is 7.50. The molecule has 0 bridgehead atoms. The zero-order valence-corrected chi connectivity index (χ0v) is 19.3. The average Bonchev–Trinajstić information content (AvgIpc) is 3.09. The Morgan fingerprint density at radius 2 is 1.72 bits per heavy atom. The first kappa shape index (κ1) is 18.4. The van der Waals surface area contributed by atoms with Gasteiger partial charge in [0.25, 0.3) is 0 Å². The lowest BCUT2D eigenvalue weighted by Gasteiger charge is -2.22. The van der Waals surface area contributed by atoms with Crippen LogP contribution >= 0.6 is 0 Å². The van der Waals surface area contributed by atoms with Gasteiger partial charge in [-0.05, 0) is 65.8 Å². The number of hydrogen-bond acceptors (Lipinski definition) is 0. The van der Waals surface area contributed by atoms with E-state index in [2.05, 4.69) is 97.0 Å². The van der Waals surface area contributed by atoms with E-state index in [-0.39, 0.29) is 0 Å². The molecule has 5 aromatic rings. The van der Waals surface area contributed by atoms with Crippen molar-refractivity contribution in [2.24, 2.45) is 14.1 Å². The monoisotopic (exact) mass is 420 g/mol. The highest BCUT2D eigenvalue weighted by Crippen LogP contribution is 2.38. The molecule has 1 fully saturated rings. The summed E-state index contributed by atoms with van der Waals surface area (Å²) in [6.07, 6.45) is 7.75. The smallest absolute Gasteiger partial charge is 0.237 e. The van der Waals surface area contributed by atoms with Gasteiger partial charge in [-0.3, -0.25) is 0 Å². The molecule has 2 aromatic heterocycles. The number of pyridine rings is 1. The Morgan fingerprint density at radius 3 is 2.53 bits per heavy atom. The number of hydrogen-bond donors (Lipinski definition) is 0. The largest absolute Gasteiger partial charge is 0.338 e. The first-order chi connectivity index (χ1) is 16.0. The van der Waals surface area contributed by atoms with Gasteiger partial charge in [-0.15, -0.1) is 0 Å². The van der Waals surface area contributed by atoms with E-state index >= 15 is 0 Å². The molecule has 0 spiro atoms. The second kappa shape index (κ2) is 7.48. The normalized spacial score (nSPS) is 16.7. The number of aromatic nitrogens is 2. The summed E-state index contributed by atoms with van der Waals surface area (Å²) in [5.74, 6) is -0.425. The number of fused-ring (bicyclic) bond motifs is 4. The minimum Gasteiger partial charge on any atom is -0.338 e. The van der Waals surface area contributed by atoms with Crippen molar-refractivity contribution in [3.63, 3.8) is 0 Å². The molecule has 1 aliphatic rings. The van der Waals surface area contributed by atoms with Gasteiger partial charge in [0.1, 0.15) is 12.6 Å². The molecule has 0 aliphatic heterocycles. The molecular formula is C30H31N2+. The van der Waals surface area contributed by atoms with Gasteiger partial charge in [-0.25, -0.2) is 0 Å². The van der Waals surface area contributed by atoms with Crippen LogP contribution in [0, 0.1) is 6.92 Å². The summed E-state index contributed by atoms with van der Waals surface area (Å²) in [5, 5.41) is 5.07. The van der Waals surface area contributed by atoms with Gasteiger partial charge >= 0.3 is 0 Å². The lowest BCUT2D eigenvalue weighted by molar-refractivity contribution is -0.659. The van der Waals surface area contributed by atoms with E-state index in [0.29, 0.717) is 0 Å². The van der Waals surface area contributed by atoms with Gasteiger partial charge in [0.05, 0.1) is 5.56 Å². The van der Waals surface area contributed by atoms with Crippen LogP contribution in [0.25, 0.3) is 43.8 Å². The zero-order valence-electron chi connectivity index (χ0n) is 20.3. The topological polar surface area (TPSA) is 8.81 Å². The van der Waals surface area contributed by atoms with Gasteiger partial charge in [0.15, 0.2) is 6.20 Å². The summed E-state index contributed by atoms with van der Waals surface area (Å²) in [7, 11) is 4.33. The van der Waals surface area contributed by atoms with Gasteiger partial charge in [-0.1, -0.05) is 55.7 Å². The third kappa shape index (κ3) is 2.97. The number of aryl methyl sites for hydroxylation is 3. The standard InChI is InChI=1S/C30H31N2/c1-20-9-7-8-12-25(20)29-30-26(15-16-31(29)2)27-18-24-17-22(21-10-5-4-6-11-21)13-14-23(24)19-28(27)32(30)3/h7-9,12-19,21H,4-6,10-11H2,1-3H3/q+1/i21D. The SMILES string of the molecule is [2H]C1(c2ccc3cc4c(cc3c2)c2cc[n+](C)c(-c3ccccc3C)c2n4C)CCCCC1. The van der Waals surface area contributed by atoms with Crippen molar-refractivity contribution in [3.05, 3.63) is 78.0 Å². The minimum absolute atomic E-state index is 0.425. The molecular weight excluding hydrogens is 388 g/mol. The molecule has 0 atom stereocenters. The van der Waals surface area contributed by atoms with E-state index in [9.17, 15) is 0 Å². The lowest BCUT2D eigenvalue weighted by Crippen LogP contribution is -2.31. The summed E-state index contributed by atoms with van der Waals surface area (Å²) in [4.78, 5) is 0. The second-order valence-corrected chi connectivity index (χ2v) is 9.51. The molecule has 0 N–H and O–H groups in total. The molecule has 2 heterocycles. The molecule has 0 amide bonds. The lowest BCUT2D eigenvalue weighted by atomic mass is 9.83. The van der Waals surface area contributed by atoms with E-state index in [0.717, 1.165) is 12.8 Å². The molecule has 32 heavy (non-hydrogen) atoms. The zero-order chi connectivity index (χ0) is 22.7. The number of benzene rings is 3. The minimum atomic E-state index is -0.425. The quantitative estimate of drug-likeness (QED) is 0.264. The molecule has 0 saturated heterocycles. The van der Waals surface area contributed by atoms with Crippen molar-refractivity contribution < 1.29 is 5.94 Å². The van der Waals surface area contributed by atoms with Crippen LogP contribution < -0.4 is 4.57 Å². The van der Waals surface area contributed by atoms with Gasteiger partial charge in [0.2, 0.25) is 5.69 Å². The first-order valence-corrected chi connectivity index (χ1v) is 11.9. The Hall–Kier alpha value is -3.13. The fourth-order valence-corrected chi connectivity index (χ4v) is 5.73. The molecule has 1 aliphatic carbocycles. The molecule has 2 heteroatoms. The Balaban J connectivity index is 1.63. The Kier molecular flexibility index (Phi) is 4.31. The van der Waals surface area contributed by atoms with Crippen LogP contribution in [0.5, 0.6) is 0 Å². The highest BCUT2D eigenvalue weighted by molar-refractivity contribution is 6.15. The van der Waals surface area contributed by atoms with E-state index in [1.54, 1.807) is 0 Å². The molecule has 1 saturated carbocycles.